The van der Waals surface area contributed by atoms with Gasteiger partial charge in [0.25, 0.3) is 5.69 Å². The number of likely N-dealkylation sites (tertiary alicyclic amines) is 1. The summed E-state index contributed by atoms with van der Waals surface area (Å²) in [5, 5.41) is 14.2. The number of benzene rings is 1. The van der Waals surface area contributed by atoms with Crippen LogP contribution in [0.4, 0.5) is 5.69 Å². The van der Waals surface area contributed by atoms with E-state index in [4.69, 9.17) is 11.6 Å². The van der Waals surface area contributed by atoms with Crippen molar-refractivity contribution in [3.63, 3.8) is 0 Å². The molecule has 1 fully saturated rings. The monoisotopic (exact) mass is 305 g/mol. The Hall–Kier alpha value is -0.880. The molecule has 19 heavy (non-hydrogen) atoms. The van der Waals surface area contributed by atoms with E-state index in [1.54, 1.807) is 12.1 Å². The number of nitro benzene ring substituents is 1. The van der Waals surface area contributed by atoms with Gasteiger partial charge in [0.05, 0.1) is 4.92 Å². The van der Waals surface area contributed by atoms with Gasteiger partial charge in [-0.1, -0.05) is 17.7 Å². The molecule has 1 atom stereocenters. The van der Waals surface area contributed by atoms with Crippen molar-refractivity contribution in [2.24, 2.45) is 0 Å². The number of nitrogens with zero attached hydrogens (tertiary/aromatic N) is 2. The Labute approximate surface area is 123 Å². The standard InChI is InChI=1S/C12H16ClN3O2.ClH/c1-14-10-4-5-15(8-10)7-9-2-3-11(13)12(6-9)16(17)18;/h2-3,6,10,14H,4-5,7-8H2,1H3;1H. The topological polar surface area (TPSA) is 58.4 Å². The lowest BCUT2D eigenvalue weighted by Gasteiger charge is -2.15. The van der Waals surface area contributed by atoms with Crippen LogP contribution in [0, 0.1) is 10.1 Å². The van der Waals surface area contributed by atoms with E-state index < -0.39 is 4.92 Å². The summed E-state index contributed by atoms with van der Waals surface area (Å²) < 4.78 is 0. The van der Waals surface area contributed by atoms with Crippen molar-refractivity contribution in [1.29, 1.82) is 0 Å². The van der Waals surface area contributed by atoms with Gasteiger partial charge in [-0.2, -0.15) is 0 Å². The molecular weight excluding hydrogens is 289 g/mol. The van der Waals surface area contributed by atoms with Gasteiger partial charge in [0, 0.05) is 31.7 Å². The van der Waals surface area contributed by atoms with Crippen molar-refractivity contribution in [1.82, 2.24) is 10.2 Å². The van der Waals surface area contributed by atoms with Gasteiger partial charge in [-0.15, -0.1) is 12.4 Å². The molecule has 0 saturated carbocycles. The van der Waals surface area contributed by atoms with Crippen molar-refractivity contribution < 1.29 is 4.92 Å². The number of hydrogen-bond acceptors (Lipinski definition) is 4. The van der Waals surface area contributed by atoms with Crippen LogP contribution in [0.15, 0.2) is 18.2 Å². The van der Waals surface area contributed by atoms with Gasteiger partial charge >= 0.3 is 0 Å². The van der Waals surface area contributed by atoms with Crippen molar-refractivity contribution in [2.75, 3.05) is 20.1 Å². The summed E-state index contributed by atoms with van der Waals surface area (Å²) in [7, 11) is 1.96. The third kappa shape index (κ3) is 4.04. The number of halogens is 2. The lowest BCUT2D eigenvalue weighted by atomic mass is 10.2. The lowest BCUT2D eigenvalue weighted by molar-refractivity contribution is -0.384. The fourth-order valence-corrected chi connectivity index (χ4v) is 2.45. The maximum atomic E-state index is 10.8. The molecule has 1 aliphatic heterocycles. The van der Waals surface area contributed by atoms with Gasteiger partial charge in [0.1, 0.15) is 5.02 Å². The van der Waals surface area contributed by atoms with E-state index in [-0.39, 0.29) is 23.1 Å². The van der Waals surface area contributed by atoms with Crippen molar-refractivity contribution in [3.8, 4) is 0 Å². The number of nitrogens with one attached hydrogen (secondary N) is 1. The van der Waals surface area contributed by atoms with Crippen molar-refractivity contribution in [3.05, 3.63) is 38.9 Å². The van der Waals surface area contributed by atoms with Crippen LogP contribution in [0.1, 0.15) is 12.0 Å². The first-order chi connectivity index (χ1) is 8.60. The Morgan fingerprint density at radius 1 is 1.58 bits per heavy atom. The van der Waals surface area contributed by atoms with E-state index in [1.807, 2.05) is 13.1 Å². The van der Waals surface area contributed by atoms with E-state index in [1.165, 1.54) is 0 Å². The highest BCUT2D eigenvalue weighted by Crippen LogP contribution is 2.26. The molecule has 0 aromatic heterocycles. The lowest BCUT2D eigenvalue weighted by Crippen LogP contribution is -2.29. The smallest absolute Gasteiger partial charge is 0.288 e. The fourth-order valence-electron chi connectivity index (χ4n) is 2.27. The molecule has 0 amide bonds. The zero-order valence-corrected chi connectivity index (χ0v) is 12.2. The number of likely N-dealkylation sites (N-methyl/N-ethyl adjacent to an activating group) is 1. The Kier molecular flexibility index (Phi) is 6.00. The van der Waals surface area contributed by atoms with Gasteiger partial charge in [-0.25, -0.2) is 0 Å². The van der Waals surface area contributed by atoms with Gasteiger partial charge in [-0.3, -0.25) is 15.0 Å². The first-order valence-corrected chi connectivity index (χ1v) is 6.30. The Balaban J connectivity index is 0.00000180. The first kappa shape index (κ1) is 16.2. The van der Waals surface area contributed by atoms with Crippen LogP contribution in [0.25, 0.3) is 0 Å². The van der Waals surface area contributed by atoms with E-state index in [2.05, 4.69) is 10.2 Å². The summed E-state index contributed by atoms with van der Waals surface area (Å²) in [5.74, 6) is 0. The summed E-state index contributed by atoms with van der Waals surface area (Å²) in [6.07, 6.45) is 1.12. The van der Waals surface area contributed by atoms with Crippen molar-refractivity contribution >= 4 is 29.7 Å². The fraction of sp³-hybridized carbons (Fsp3) is 0.500. The van der Waals surface area contributed by atoms with E-state index in [9.17, 15) is 10.1 Å². The number of nitro groups is 1. The highest BCUT2D eigenvalue weighted by Gasteiger charge is 2.21. The maximum Gasteiger partial charge on any atom is 0.288 e. The van der Waals surface area contributed by atoms with E-state index in [0.717, 1.165) is 31.6 Å². The molecule has 1 N–H and O–H groups in total. The zero-order chi connectivity index (χ0) is 13.1. The molecule has 1 aromatic rings. The van der Waals surface area contributed by atoms with Crippen LogP contribution >= 0.6 is 24.0 Å². The summed E-state index contributed by atoms with van der Waals surface area (Å²) in [4.78, 5) is 12.7. The highest BCUT2D eigenvalue weighted by atomic mass is 35.5. The maximum absolute atomic E-state index is 10.8. The average molecular weight is 306 g/mol. The molecule has 7 heteroatoms. The van der Waals surface area contributed by atoms with Gasteiger partial charge in [-0.05, 0) is 25.1 Å². The molecule has 106 valence electrons. The predicted octanol–water partition coefficient (Wildman–Crippen LogP) is 2.46. The minimum Gasteiger partial charge on any atom is -0.316 e. The van der Waals surface area contributed by atoms with Crippen molar-refractivity contribution in [2.45, 2.75) is 19.0 Å². The quantitative estimate of drug-likeness (QED) is 0.686. The summed E-state index contributed by atoms with van der Waals surface area (Å²) in [6.45, 7) is 2.73. The minimum absolute atomic E-state index is 0. The average Bonchev–Trinajstić information content (AvgIpc) is 2.79. The summed E-state index contributed by atoms with van der Waals surface area (Å²) in [5.41, 5.74) is 0.918. The largest absolute Gasteiger partial charge is 0.316 e. The van der Waals surface area contributed by atoms with Gasteiger partial charge < -0.3 is 5.32 Å². The van der Waals surface area contributed by atoms with Crippen LogP contribution in [0.2, 0.25) is 5.02 Å². The van der Waals surface area contributed by atoms with Crippen LogP contribution in [0.3, 0.4) is 0 Å². The molecule has 1 heterocycles. The molecule has 1 aromatic carbocycles. The van der Waals surface area contributed by atoms with Crippen LogP contribution in [-0.2, 0) is 6.54 Å². The second kappa shape index (κ2) is 7.05. The van der Waals surface area contributed by atoms with Crippen LogP contribution < -0.4 is 5.32 Å². The zero-order valence-electron chi connectivity index (χ0n) is 10.6. The second-order valence-electron chi connectivity index (χ2n) is 4.55. The molecule has 2 rings (SSSR count). The molecule has 0 aliphatic carbocycles. The Morgan fingerprint density at radius 2 is 2.32 bits per heavy atom. The molecule has 0 spiro atoms. The SMILES string of the molecule is CNC1CCN(Cc2ccc(Cl)c([N+](=O)[O-])c2)C1.Cl. The number of hydrogen-bond donors (Lipinski definition) is 1. The normalized spacial score (nSPS) is 19.2. The molecular formula is C12H17Cl2N3O2. The minimum atomic E-state index is -0.438. The molecule has 1 aliphatic rings. The summed E-state index contributed by atoms with van der Waals surface area (Å²) in [6, 6.07) is 5.53. The highest BCUT2D eigenvalue weighted by molar-refractivity contribution is 6.32. The second-order valence-corrected chi connectivity index (χ2v) is 4.96. The molecule has 1 saturated heterocycles. The third-order valence-corrected chi connectivity index (χ3v) is 3.61. The Morgan fingerprint density at radius 3 is 2.89 bits per heavy atom. The summed E-state index contributed by atoms with van der Waals surface area (Å²) >= 11 is 5.79. The molecule has 0 radical (unpaired) electrons. The van der Waals surface area contributed by atoms with Gasteiger partial charge in [0.15, 0.2) is 0 Å². The van der Waals surface area contributed by atoms with Crippen LogP contribution in [0.5, 0.6) is 0 Å². The predicted molar refractivity (Wildman–Crippen MR) is 78.1 cm³/mol. The first-order valence-electron chi connectivity index (χ1n) is 5.92. The van der Waals surface area contributed by atoms with E-state index in [0.29, 0.717) is 6.04 Å². The molecule has 5 nitrogen and oxygen atoms in total. The number of rotatable bonds is 4. The van der Waals surface area contributed by atoms with Crippen LogP contribution in [-0.4, -0.2) is 36.0 Å². The molecule has 0 bridgehead atoms. The molecule has 1 unspecified atom stereocenters. The van der Waals surface area contributed by atoms with Gasteiger partial charge in [0.2, 0.25) is 0 Å². The third-order valence-electron chi connectivity index (χ3n) is 3.29. The Bertz CT molecular complexity index is 457. The van der Waals surface area contributed by atoms with E-state index >= 15 is 0 Å².